The third-order valence-electron chi connectivity index (χ3n) is 3.79. The molecule has 124 valence electrons. The Bertz CT molecular complexity index is 392. The van der Waals surface area contributed by atoms with Crippen molar-refractivity contribution in [1.82, 2.24) is 5.32 Å². The average Bonchev–Trinajstić information content (AvgIpc) is 2.54. The third-order valence-corrected chi connectivity index (χ3v) is 3.79. The fourth-order valence-corrected chi connectivity index (χ4v) is 2.39. The van der Waals surface area contributed by atoms with Crippen LogP contribution in [0.15, 0.2) is 30.3 Å². The highest BCUT2D eigenvalue weighted by Gasteiger charge is 2.08. The summed E-state index contributed by atoms with van der Waals surface area (Å²) in [5.74, 6) is 0.0549. The lowest BCUT2D eigenvalue weighted by molar-refractivity contribution is -0.122. The molecule has 1 unspecified atom stereocenters. The summed E-state index contributed by atoms with van der Waals surface area (Å²) in [6, 6.07) is 10.1. The van der Waals surface area contributed by atoms with Crippen molar-refractivity contribution in [3.8, 4) is 0 Å². The first-order chi connectivity index (χ1) is 10.7. The second-order valence-electron chi connectivity index (χ2n) is 5.83. The van der Waals surface area contributed by atoms with Gasteiger partial charge in [-0.05, 0) is 18.9 Å². The van der Waals surface area contributed by atoms with E-state index in [1.54, 1.807) is 0 Å². The molecule has 1 amide bonds. The van der Waals surface area contributed by atoms with Crippen molar-refractivity contribution < 1.29 is 9.53 Å². The number of nitrogens with one attached hydrogen (secondary N) is 1. The standard InChI is InChI=1S/C19H31NO2/c1-3-4-5-6-7-11-15-22-16-14-19(21)20-17(2)18-12-9-8-10-13-18/h8-10,12-13,17H,3-7,11,14-16H2,1-2H3,(H,20,21). The highest BCUT2D eigenvalue weighted by molar-refractivity contribution is 5.76. The lowest BCUT2D eigenvalue weighted by atomic mass is 10.1. The zero-order valence-corrected chi connectivity index (χ0v) is 14.1. The van der Waals surface area contributed by atoms with Gasteiger partial charge in [0.2, 0.25) is 5.91 Å². The molecule has 0 aliphatic carbocycles. The predicted octanol–water partition coefficient (Wildman–Crippen LogP) is 4.63. The molecule has 1 rings (SSSR count). The van der Waals surface area contributed by atoms with Crippen LogP contribution in [0.25, 0.3) is 0 Å². The molecule has 0 aliphatic rings. The molecule has 0 aromatic heterocycles. The van der Waals surface area contributed by atoms with Gasteiger partial charge in [-0.1, -0.05) is 69.4 Å². The molecule has 0 saturated heterocycles. The molecule has 0 bridgehead atoms. The fraction of sp³-hybridized carbons (Fsp3) is 0.632. The normalized spacial score (nSPS) is 12.1. The smallest absolute Gasteiger partial charge is 0.222 e. The third kappa shape index (κ3) is 8.83. The summed E-state index contributed by atoms with van der Waals surface area (Å²) < 4.78 is 5.54. The molecular formula is C19H31NO2. The van der Waals surface area contributed by atoms with E-state index >= 15 is 0 Å². The maximum Gasteiger partial charge on any atom is 0.222 e. The second-order valence-corrected chi connectivity index (χ2v) is 5.83. The topological polar surface area (TPSA) is 38.3 Å². The van der Waals surface area contributed by atoms with Crippen molar-refractivity contribution in [3.05, 3.63) is 35.9 Å². The van der Waals surface area contributed by atoms with Crippen LogP contribution in [0.5, 0.6) is 0 Å². The number of ether oxygens (including phenoxy) is 1. The Morgan fingerprint density at radius 1 is 1.05 bits per heavy atom. The molecule has 22 heavy (non-hydrogen) atoms. The van der Waals surface area contributed by atoms with Gasteiger partial charge in [-0.25, -0.2) is 0 Å². The van der Waals surface area contributed by atoms with E-state index in [1.807, 2.05) is 37.3 Å². The Labute approximate surface area is 135 Å². The Morgan fingerprint density at radius 2 is 1.73 bits per heavy atom. The Morgan fingerprint density at radius 3 is 2.45 bits per heavy atom. The SMILES string of the molecule is CCCCCCCCOCCC(=O)NC(C)c1ccccc1. The molecule has 3 heteroatoms. The molecule has 0 spiro atoms. The molecule has 1 N–H and O–H groups in total. The van der Waals surface area contributed by atoms with E-state index in [9.17, 15) is 4.79 Å². The quantitative estimate of drug-likeness (QED) is 0.572. The summed E-state index contributed by atoms with van der Waals surface area (Å²) in [4.78, 5) is 11.8. The second kappa shape index (κ2) is 12.2. The van der Waals surface area contributed by atoms with Gasteiger partial charge in [-0.2, -0.15) is 0 Å². The number of unbranched alkanes of at least 4 members (excludes halogenated alkanes) is 5. The van der Waals surface area contributed by atoms with Gasteiger partial charge in [-0.3, -0.25) is 4.79 Å². The highest BCUT2D eigenvalue weighted by atomic mass is 16.5. The predicted molar refractivity (Wildman–Crippen MR) is 91.8 cm³/mol. The summed E-state index contributed by atoms with van der Waals surface area (Å²) in [6.45, 7) is 5.52. The van der Waals surface area contributed by atoms with Crippen LogP contribution in [0.4, 0.5) is 0 Å². The van der Waals surface area contributed by atoms with Crippen LogP contribution in [-0.2, 0) is 9.53 Å². The van der Waals surface area contributed by atoms with Gasteiger partial charge in [0, 0.05) is 13.0 Å². The maximum atomic E-state index is 11.8. The first-order valence-corrected chi connectivity index (χ1v) is 8.66. The number of carbonyl (C=O) groups excluding carboxylic acids is 1. The van der Waals surface area contributed by atoms with Gasteiger partial charge in [0.05, 0.1) is 12.6 Å². The number of hydrogen-bond donors (Lipinski definition) is 1. The zero-order chi connectivity index (χ0) is 16.0. The van der Waals surface area contributed by atoms with Gasteiger partial charge < -0.3 is 10.1 Å². The van der Waals surface area contributed by atoms with Crippen LogP contribution in [0, 0.1) is 0 Å². The van der Waals surface area contributed by atoms with Crippen LogP contribution in [0.2, 0.25) is 0 Å². The summed E-state index contributed by atoms with van der Waals surface area (Å²) in [5.41, 5.74) is 1.13. The summed E-state index contributed by atoms with van der Waals surface area (Å²) in [7, 11) is 0. The molecule has 1 aromatic carbocycles. The van der Waals surface area contributed by atoms with E-state index in [2.05, 4.69) is 12.2 Å². The summed E-state index contributed by atoms with van der Waals surface area (Å²) >= 11 is 0. The monoisotopic (exact) mass is 305 g/mol. The van der Waals surface area contributed by atoms with Crippen LogP contribution in [-0.4, -0.2) is 19.1 Å². The summed E-state index contributed by atoms with van der Waals surface area (Å²) in [5, 5.41) is 3.00. The first-order valence-electron chi connectivity index (χ1n) is 8.66. The zero-order valence-electron chi connectivity index (χ0n) is 14.1. The molecule has 3 nitrogen and oxygen atoms in total. The number of carbonyl (C=O) groups is 1. The van der Waals surface area contributed by atoms with Gasteiger partial charge in [-0.15, -0.1) is 0 Å². The number of amides is 1. The Kier molecular flexibility index (Phi) is 10.4. The van der Waals surface area contributed by atoms with Crippen LogP contribution in [0.3, 0.4) is 0 Å². The van der Waals surface area contributed by atoms with Crippen molar-refractivity contribution in [1.29, 1.82) is 0 Å². The molecule has 0 saturated carbocycles. The lowest BCUT2D eigenvalue weighted by Gasteiger charge is -2.14. The van der Waals surface area contributed by atoms with E-state index in [0.717, 1.165) is 18.6 Å². The van der Waals surface area contributed by atoms with Crippen molar-refractivity contribution in [2.24, 2.45) is 0 Å². The van der Waals surface area contributed by atoms with Gasteiger partial charge >= 0.3 is 0 Å². The molecule has 1 aromatic rings. The van der Waals surface area contributed by atoms with Crippen molar-refractivity contribution in [3.63, 3.8) is 0 Å². The van der Waals surface area contributed by atoms with E-state index in [0.29, 0.717) is 13.0 Å². The molecule has 0 fully saturated rings. The minimum atomic E-state index is 0.0484. The van der Waals surface area contributed by atoms with Crippen LogP contribution >= 0.6 is 0 Å². The molecule has 1 atom stereocenters. The first kappa shape index (κ1) is 18.7. The van der Waals surface area contributed by atoms with E-state index in [4.69, 9.17) is 4.74 Å². The largest absolute Gasteiger partial charge is 0.381 e. The minimum Gasteiger partial charge on any atom is -0.381 e. The highest BCUT2D eigenvalue weighted by Crippen LogP contribution is 2.11. The molecule has 0 heterocycles. The van der Waals surface area contributed by atoms with Gasteiger partial charge in [0.15, 0.2) is 0 Å². The molecular weight excluding hydrogens is 274 g/mol. The van der Waals surface area contributed by atoms with Crippen LogP contribution < -0.4 is 5.32 Å². The molecule has 0 radical (unpaired) electrons. The minimum absolute atomic E-state index is 0.0484. The number of benzene rings is 1. The fourth-order valence-electron chi connectivity index (χ4n) is 2.39. The van der Waals surface area contributed by atoms with Crippen molar-refractivity contribution >= 4 is 5.91 Å². The van der Waals surface area contributed by atoms with E-state index in [-0.39, 0.29) is 11.9 Å². The van der Waals surface area contributed by atoms with Crippen molar-refractivity contribution in [2.45, 2.75) is 64.8 Å². The number of rotatable bonds is 12. The van der Waals surface area contributed by atoms with Gasteiger partial charge in [0.1, 0.15) is 0 Å². The van der Waals surface area contributed by atoms with E-state index in [1.165, 1.54) is 32.1 Å². The van der Waals surface area contributed by atoms with Crippen molar-refractivity contribution in [2.75, 3.05) is 13.2 Å². The number of hydrogen-bond acceptors (Lipinski definition) is 2. The van der Waals surface area contributed by atoms with Gasteiger partial charge in [0.25, 0.3) is 0 Å². The Balaban J connectivity index is 2.00. The van der Waals surface area contributed by atoms with Crippen LogP contribution in [0.1, 0.15) is 70.4 Å². The maximum absolute atomic E-state index is 11.8. The molecule has 0 aliphatic heterocycles. The lowest BCUT2D eigenvalue weighted by Crippen LogP contribution is -2.27. The average molecular weight is 305 g/mol. The Hall–Kier alpha value is -1.35. The van der Waals surface area contributed by atoms with E-state index < -0.39 is 0 Å². The summed E-state index contributed by atoms with van der Waals surface area (Å²) in [6.07, 6.45) is 8.02.